The molecule has 0 saturated heterocycles. The Morgan fingerprint density at radius 1 is 0.926 bits per heavy atom. The number of aromatic nitrogens is 1. The number of hydrogen-bond acceptors (Lipinski definition) is 4. The minimum atomic E-state index is -0.200. The number of amidine groups is 1. The maximum absolute atomic E-state index is 13.1. The van der Waals surface area contributed by atoms with Crippen LogP contribution in [0.3, 0.4) is 0 Å². The monoisotopic (exact) mass is 355 g/mol. The molecule has 1 aromatic heterocycles. The van der Waals surface area contributed by atoms with Crippen molar-refractivity contribution in [2.75, 3.05) is 0 Å². The first-order chi connectivity index (χ1) is 13.2. The molecule has 5 nitrogen and oxygen atoms in total. The number of phenolic OH excluding ortho intramolecular Hbond substituents is 1. The number of pyridine rings is 1. The fraction of sp³-hybridized carbons (Fsp3) is 0.0455. The van der Waals surface area contributed by atoms with Crippen molar-refractivity contribution in [1.82, 2.24) is 9.88 Å². The summed E-state index contributed by atoms with van der Waals surface area (Å²) in [5.41, 5.74) is 2.68. The van der Waals surface area contributed by atoms with E-state index in [9.17, 15) is 9.90 Å². The average molecular weight is 355 g/mol. The molecule has 0 fully saturated rings. The summed E-state index contributed by atoms with van der Waals surface area (Å²) in [7, 11) is 0. The van der Waals surface area contributed by atoms with Crippen LogP contribution in [0.15, 0.2) is 89.8 Å². The first kappa shape index (κ1) is 16.7. The molecule has 2 aromatic carbocycles. The molecule has 0 aliphatic carbocycles. The van der Waals surface area contributed by atoms with Crippen LogP contribution in [-0.4, -0.2) is 26.7 Å². The molecule has 0 unspecified atom stereocenters. The molecule has 0 radical (unpaired) electrons. The molecule has 1 aliphatic rings. The summed E-state index contributed by atoms with van der Waals surface area (Å²) in [4.78, 5) is 23.3. The summed E-state index contributed by atoms with van der Waals surface area (Å²) >= 11 is 0. The van der Waals surface area contributed by atoms with Crippen molar-refractivity contribution in [3.8, 4) is 5.75 Å². The van der Waals surface area contributed by atoms with Gasteiger partial charge in [-0.2, -0.15) is 0 Å². The lowest BCUT2D eigenvalue weighted by Crippen LogP contribution is -2.32. The van der Waals surface area contributed by atoms with Gasteiger partial charge in [-0.25, -0.2) is 4.99 Å². The van der Waals surface area contributed by atoms with Crippen LogP contribution in [-0.2, 0) is 11.3 Å². The van der Waals surface area contributed by atoms with E-state index in [1.807, 2.05) is 48.5 Å². The highest BCUT2D eigenvalue weighted by molar-refractivity contribution is 6.19. The second-order valence-electron chi connectivity index (χ2n) is 6.14. The van der Waals surface area contributed by atoms with E-state index in [1.54, 1.807) is 41.6 Å². The fourth-order valence-electron chi connectivity index (χ4n) is 2.93. The predicted octanol–water partition coefficient (Wildman–Crippen LogP) is 3.62. The van der Waals surface area contributed by atoms with Crippen LogP contribution in [0.1, 0.15) is 16.7 Å². The highest BCUT2D eigenvalue weighted by Crippen LogP contribution is 2.26. The molecule has 0 bridgehead atoms. The highest BCUT2D eigenvalue weighted by atomic mass is 16.3. The van der Waals surface area contributed by atoms with E-state index in [2.05, 4.69) is 9.98 Å². The quantitative estimate of drug-likeness (QED) is 0.727. The minimum Gasteiger partial charge on any atom is -0.507 e. The number of hydrogen-bond donors (Lipinski definition) is 1. The van der Waals surface area contributed by atoms with Gasteiger partial charge in [0.25, 0.3) is 5.91 Å². The van der Waals surface area contributed by atoms with E-state index in [4.69, 9.17) is 0 Å². The van der Waals surface area contributed by atoms with Crippen molar-refractivity contribution in [2.45, 2.75) is 6.54 Å². The number of aliphatic imine (C=N–C) groups is 1. The molecule has 1 aliphatic heterocycles. The van der Waals surface area contributed by atoms with Gasteiger partial charge in [-0.15, -0.1) is 0 Å². The second kappa shape index (κ2) is 7.25. The molecule has 0 atom stereocenters. The number of carbonyl (C=O) groups excluding carboxylic acids is 1. The number of nitrogens with zero attached hydrogens (tertiary/aromatic N) is 3. The largest absolute Gasteiger partial charge is 0.507 e. The van der Waals surface area contributed by atoms with E-state index in [0.29, 0.717) is 23.6 Å². The van der Waals surface area contributed by atoms with Gasteiger partial charge in [0.05, 0.1) is 6.54 Å². The normalized spacial score (nSPS) is 15.3. The maximum atomic E-state index is 13.1. The van der Waals surface area contributed by atoms with Gasteiger partial charge in [0.1, 0.15) is 17.3 Å². The van der Waals surface area contributed by atoms with Gasteiger partial charge in [0, 0.05) is 23.5 Å². The average Bonchev–Trinajstić information content (AvgIpc) is 3.01. The molecule has 5 heteroatoms. The standard InChI is InChI=1S/C22H17N3O2/c26-20-9-5-4-8-18(20)14-19-22(27)25(15-16-10-12-23-13-11-16)21(24-19)17-6-2-1-3-7-17/h1-14,26H,15H2/b19-14+. The Kier molecular flexibility index (Phi) is 4.49. The van der Waals surface area contributed by atoms with Gasteiger partial charge < -0.3 is 5.11 Å². The van der Waals surface area contributed by atoms with Gasteiger partial charge in [-0.05, 0) is 29.8 Å². The first-order valence-corrected chi connectivity index (χ1v) is 8.57. The third-order valence-corrected chi connectivity index (χ3v) is 4.30. The second-order valence-corrected chi connectivity index (χ2v) is 6.14. The SMILES string of the molecule is O=C1/C(=C\c2ccccc2O)N=C(c2ccccc2)N1Cc1ccncc1. The summed E-state index contributed by atoms with van der Waals surface area (Å²) in [5.74, 6) is 0.509. The lowest BCUT2D eigenvalue weighted by Gasteiger charge is -2.18. The van der Waals surface area contributed by atoms with Gasteiger partial charge in [-0.1, -0.05) is 48.5 Å². The minimum absolute atomic E-state index is 0.113. The molecule has 2 heterocycles. The van der Waals surface area contributed by atoms with E-state index in [0.717, 1.165) is 11.1 Å². The van der Waals surface area contributed by atoms with Crippen molar-refractivity contribution in [2.24, 2.45) is 4.99 Å². The number of para-hydroxylation sites is 1. The maximum Gasteiger partial charge on any atom is 0.278 e. The Hall–Kier alpha value is -3.73. The number of rotatable bonds is 4. The van der Waals surface area contributed by atoms with Crippen molar-refractivity contribution >= 4 is 17.8 Å². The molecule has 0 spiro atoms. The fourth-order valence-corrected chi connectivity index (χ4v) is 2.93. The number of benzene rings is 2. The van der Waals surface area contributed by atoms with Gasteiger partial charge in [-0.3, -0.25) is 14.7 Å². The number of aromatic hydroxyl groups is 1. The Morgan fingerprint density at radius 2 is 1.63 bits per heavy atom. The van der Waals surface area contributed by atoms with Crippen molar-refractivity contribution < 1.29 is 9.90 Å². The number of carbonyl (C=O) groups is 1. The Labute approximate surface area is 157 Å². The zero-order valence-corrected chi connectivity index (χ0v) is 14.5. The molecule has 1 amide bonds. The van der Waals surface area contributed by atoms with E-state index >= 15 is 0 Å². The highest BCUT2D eigenvalue weighted by Gasteiger charge is 2.31. The molecular formula is C22H17N3O2. The van der Waals surface area contributed by atoms with Gasteiger partial charge >= 0.3 is 0 Å². The summed E-state index contributed by atoms with van der Waals surface area (Å²) < 4.78 is 0. The van der Waals surface area contributed by atoms with Gasteiger partial charge in [0.15, 0.2) is 0 Å². The zero-order valence-electron chi connectivity index (χ0n) is 14.5. The Morgan fingerprint density at radius 3 is 2.37 bits per heavy atom. The molecular weight excluding hydrogens is 338 g/mol. The van der Waals surface area contributed by atoms with Crippen LogP contribution in [0.4, 0.5) is 0 Å². The van der Waals surface area contributed by atoms with Crippen molar-refractivity contribution in [3.63, 3.8) is 0 Å². The zero-order chi connectivity index (χ0) is 18.6. The summed E-state index contributed by atoms with van der Waals surface area (Å²) in [6.07, 6.45) is 5.02. The van der Waals surface area contributed by atoms with Crippen molar-refractivity contribution in [3.05, 3.63) is 102 Å². The first-order valence-electron chi connectivity index (χ1n) is 8.57. The third kappa shape index (κ3) is 3.48. The molecule has 4 rings (SSSR count). The van der Waals surface area contributed by atoms with Crippen LogP contribution in [0.5, 0.6) is 5.75 Å². The van der Waals surface area contributed by atoms with E-state index < -0.39 is 0 Å². The number of phenols is 1. The van der Waals surface area contributed by atoms with E-state index in [1.165, 1.54) is 0 Å². The lowest BCUT2D eigenvalue weighted by molar-refractivity contribution is -0.123. The van der Waals surface area contributed by atoms with Crippen LogP contribution < -0.4 is 0 Å². The predicted molar refractivity (Wildman–Crippen MR) is 104 cm³/mol. The Balaban J connectivity index is 1.75. The third-order valence-electron chi connectivity index (χ3n) is 4.30. The molecule has 0 saturated carbocycles. The molecule has 132 valence electrons. The van der Waals surface area contributed by atoms with Crippen LogP contribution in [0.2, 0.25) is 0 Å². The Bertz CT molecular complexity index is 1030. The van der Waals surface area contributed by atoms with Gasteiger partial charge in [0.2, 0.25) is 0 Å². The molecule has 3 aromatic rings. The van der Waals surface area contributed by atoms with Crippen LogP contribution in [0.25, 0.3) is 6.08 Å². The molecule has 27 heavy (non-hydrogen) atoms. The summed E-state index contributed by atoms with van der Waals surface area (Å²) in [6, 6.07) is 20.2. The van der Waals surface area contributed by atoms with Crippen molar-refractivity contribution in [1.29, 1.82) is 0 Å². The van der Waals surface area contributed by atoms with Crippen LogP contribution in [0, 0.1) is 0 Å². The smallest absolute Gasteiger partial charge is 0.278 e. The summed E-state index contributed by atoms with van der Waals surface area (Å²) in [6.45, 7) is 0.396. The topological polar surface area (TPSA) is 65.8 Å². The number of amides is 1. The summed E-state index contributed by atoms with van der Waals surface area (Å²) in [5, 5.41) is 10.0. The van der Waals surface area contributed by atoms with E-state index in [-0.39, 0.29) is 11.7 Å². The van der Waals surface area contributed by atoms with Crippen LogP contribution >= 0.6 is 0 Å². The molecule has 1 N–H and O–H groups in total. The lowest BCUT2D eigenvalue weighted by atomic mass is 10.1.